The standard InChI is InChI=1S/C25H35N5OS/c1-18-13-19(2)16-30(15-18)22-14-20(3)27-23(28-22)29-24(32)26-17-25(9-11-31-12-10-25)21-7-5-4-6-8-21/h4-8,14,18-19H,9-13,15-17H2,1-3H3,(H2,26,27,28,29,32)/t18-,19-/m0/s1. The summed E-state index contributed by atoms with van der Waals surface area (Å²) in [6.07, 6.45) is 3.22. The van der Waals surface area contributed by atoms with Crippen LogP contribution in [0.5, 0.6) is 0 Å². The molecule has 2 aromatic rings. The number of nitrogens with one attached hydrogen (secondary N) is 2. The summed E-state index contributed by atoms with van der Waals surface area (Å²) in [4.78, 5) is 11.7. The van der Waals surface area contributed by atoms with Gasteiger partial charge in [-0.1, -0.05) is 44.2 Å². The maximum absolute atomic E-state index is 5.65. The van der Waals surface area contributed by atoms with Crippen molar-refractivity contribution >= 4 is 29.1 Å². The number of nitrogens with zero attached hydrogens (tertiary/aromatic N) is 3. The minimum absolute atomic E-state index is 0.0178. The maximum Gasteiger partial charge on any atom is 0.231 e. The van der Waals surface area contributed by atoms with E-state index in [0.29, 0.717) is 22.9 Å². The van der Waals surface area contributed by atoms with Gasteiger partial charge in [-0.25, -0.2) is 4.98 Å². The fraction of sp³-hybridized carbons (Fsp3) is 0.560. The minimum Gasteiger partial charge on any atom is -0.381 e. The summed E-state index contributed by atoms with van der Waals surface area (Å²) in [6, 6.07) is 12.8. The maximum atomic E-state index is 5.65. The van der Waals surface area contributed by atoms with Crippen LogP contribution in [0.4, 0.5) is 11.8 Å². The molecule has 172 valence electrons. The van der Waals surface area contributed by atoms with Gasteiger partial charge >= 0.3 is 0 Å². The first-order valence-electron chi connectivity index (χ1n) is 11.7. The third kappa shape index (κ3) is 5.56. The molecule has 0 amide bonds. The number of anilines is 2. The Hall–Kier alpha value is -2.25. The van der Waals surface area contributed by atoms with Gasteiger partial charge in [-0.3, -0.25) is 0 Å². The monoisotopic (exact) mass is 453 g/mol. The van der Waals surface area contributed by atoms with Crippen LogP contribution in [-0.4, -0.2) is 47.9 Å². The predicted octanol–water partition coefficient (Wildman–Crippen LogP) is 4.30. The molecule has 2 atom stereocenters. The van der Waals surface area contributed by atoms with Crippen LogP contribution in [0.15, 0.2) is 36.4 Å². The Bertz CT molecular complexity index is 906. The first-order chi connectivity index (χ1) is 15.4. The zero-order chi connectivity index (χ0) is 22.6. The number of thiocarbonyl (C=S) groups is 1. The summed E-state index contributed by atoms with van der Waals surface area (Å²) in [5.74, 6) is 2.87. The molecular weight excluding hydrogens is 418 g/mol. The lowest BCUT2D eigenvalue weighted by Gasteiger charge is -2.38. The van der Waals surface area contributed by atoms with E-state index in [1.54, 1.807) is 0 Å². The Labute approximate surface area is 197 Å². The lowest BCUT2D eigenvalue weighted by atomic mass is 9.74. The Morgan fingerprint density at radius 3 is 2.50 bits per heavy atom. The van der Waals surface area contributed by atoms with Gasteiger partial charge < -0.3 is 20.3 Å². The van der Waals surface area contributed by atoms with Crippen LogP contribution < -0.4 is 15.5 Å². The van der Waals surface area contributed by atoms with Gasteiger partial charge in [0, 0.05) is 50.0 Å². The number of piperidine rings is 1. The van der Waals surface area contributed by atoms with Crippen LogP contribution >= 0.6 is 12.2 Å². The van der Waals surface area contributed by atoms with Crippen molar-refractivity contribution in [3.8, 4) is 0 Å². The van der Waals surface area contributed by atoms with Gasteiger partial charge in [0.25, 0.3) is 0 Å². The third-order valence-electron chi connectivity index (χ3n) is 6.68. The van der Waals surface area contributed by atoms with Crippen molar-refractivity contribution in [2.45, 2.75) is 45.4 Å². The van der Waals surface area contributed by atoms with Crippen LogP contribution in [0, 0.1) is 18.8 Å². The lowest BCUT2D eigenvalue weighted by Crippen LogP contribution is -2.45. The molecule has 2 fully saturated rings. The SMILES string of the molecule is Cc1cc(N2C[C@@H](C)C[C@H](C)C2)nc(NC(=S)NCC2(c3ccccc3)CCOCC2)n1. The summed E-state index contributed by atoms with van der Waals surface area (Å²) >= 11 is 5.64. The molecule has 0 radical (unpaired) electrons. The molecule has 0 unspecified atom stereocenters. The second-order valence-electron chi connectivity index (χ2n) is 9.61. The molecule has 0 aliphatic carbocycles. The topological polar surface area (TPSA) is 62.3 Å². The second-order valence-corrected chi connectivity index (χ2v) is 10.0. The largest absolute Gasteiger partial charge is 0.381 e. The minimum atomic E-state index is 0.0178. The van der Waals surface area contributed by atoms with E-state index in [-0.39, 0.29) is 5.41 Å². The van der Waals surface area contributed by atoms with E-state index in [4.69, 9.17) is 21.9 Å². The van der Waals surface area contributed by atoms with Gasteiger partial charge in [0.1, 0.15) is 5.82 Å². The smallest absolute Gasteiger partial charge is 0.231 e. The van der Waals surface area contributed by atoms with Crippen molar-refractivity contribution in [2.75, 3.05) is 43.1 Å². The van der Waals surface area contributed by atoms with Crippen LogP contribution in [0.1, 0.15) is 44.4 Å². The summed E-state index contributed by atoms with van der Waals surface area (Å²) in [5, 5.41) is 7.24. The lowest BCUT2D eigenvalue weighted by molar-refractivity contribution is 0.0515. The van der Waals surface area contributed by atoms with Gasteiger partial charge in [0.15, 0.2) is 5.11 Å². The van der Waals surface area contributed by atoms with Crippen LogP contribution in [0.2, 0.25) is 0 Å². The van der Waals surface area contributed by atoms with Gasteiger partial charge in [-0.05, 0) is 55.8 Å². The molecule has 0 bridgehead atoms. The number of benzene rings is 1. The fourth-order valence-corrected chi connectivity index (χ4v) is 5.30. The van der Waals surface area contributed by atoms with Crippen molar-refractivity contribution < 1.29 is 4.74 Å². The van der Waals surface area contributed by atoms with E-state index in [1.165, 1.54) is 12.0 Å². The second kappa shape index (κ2) is 10.1. The molecule has 0 saturated carbocycles. The van der Waals surface area contributed by atoms with Gasteiger partial charge in [-0.15, -0.1) is 0 Å². The number of aryl methyl sites for hydroxylation is 1. The molecule has 4 rings (SSSR count). The van der Waals surface area contributed by atoms with Gasteiger partial charge in [-0.2, -0.15) is 4.98 Å². The number of ether oxygens (including phenoxy) is 1. The first kappa shape index (κ1) is 22.9. The molecule has 7 heteroatoms. The highest BCUT2D eigenvalue weighted by atomic mass is 32.1. The summed E-state index contributed by atoms with van der Waals surface area (Å²) in [6.45, 7) is 11.0. The van der Waals surface area contributed by atoms with Crippen molar-refractivity contribution in [1.29, 1.82) is 0 Å². The summed E-state index contributed by atoms with van der Waals surface area (Å²) in [7, 11) is 0. The van der Waals surface area contributed by atoms with Crippen LogP contribution in [-0.2, 0) is 10.2 Å². The van der Waals surface area contributed by atoms with Crippen molar-refractivity contribution in [3.05, 3.63) is 47.7 Å². The third-order valence-corrected chi connectivity index (χ3v) is 6.93. The van der Waals surface area contributed by atoms with E-state index in [1.807, 2.05) is 6.92 Å². The number of aromatic nitrogens is 2. The van der Waals surface area contributed by atoms with E-state index < -0.39 is 0 Å². The molecule has 1 aromatic carbocycles. The molecule has 3 heterocycles. The average Bonchev–Trinajstić information content (AvgIpc) is 2.78. The molecule has 2 saturated heterocycles. The van der Waals surface area contributed by atoms with Crippen LogP contribution in [0.25, 0.3) is 0 Å². The van der Waals surface area contributed by atoms with E-state index in [0.717, 1.165) is 57.2 Å². The zero-order valence-corrected chi connectivity index (χ0v) is 20.3. The molecule has 2 aliphatic rings. The van der Waals surface area contributed by atoms with Crippen LogP contribution in [0.3, 0.4) is 0 Å². The Morgan fingerprint density at radius 1 is 1.12 bits per heavy atom. The van der Waals surface area contributed by atoms with Crippen molar-refractivity contribution in [3.63, 3.8) is 0 Å². The van der Waals surface area contributed by atoms with Gasteiger partial charge in [0.2, 0.25) is 5.95 Å². The number of hydrogen-bond acceptors (Lipinski definition) is 5. The zero-order valence-electron chi connectivity index (χ0n) is 19.4. The normalized spacial score (nSPS) is 22.9. The van der Waals surface area contributed by atoms with Crippen molar-refractivity contribution in [2.24, 2.45) is 11.8 Å². The molecule has 32 heavy (non-hydrogen) atoms. The highest BCUT2D eigenvalue weighted by molar-refractivity contribution is 7.80. The quantitative estimate of drug-likeness (QED) is 0.655. The number of rotatable bonds is 5. The molecule has 2 N–H and O–H groups in total. The molecule has 6 nitrogen and oxygen atoms in total. The van der Waals surface area contributed by atoms with Gasteiger partial charge in [0.05, 0.1) is 0 Å². The first-order valence-corrected chi connectivity index (χ1v) is 12.1. The highest BCUT2D eigenvalue weighted by Crippen LogP contribution is 2.34. The Morgan fingerprint density at radius 2 is 1.81 bits per heavy atom. The summed E-state index contributed by atoms with van der Waals surface area (Å²) in [5.41, 5.74) is 2.29. The summed E-state index contributed by atoms with van der Waals surface area (Å²) < 4.78 is 5.65. The van der Waals surface area contributed by atoms with E-state index in [2.05, 4.69) is 70.8 Å². The fourth-order valence-electron chi connectivity index (χ4n) is 5.14. The van der Waals surface area contributed by atoms with E-state index >= 15 is 0 Å². The molecule has 1 aromatic heterocycles. The van der Waals surface area contributed by atoms with E-state index in [9.17, 15) is 0 Å². The molecule has 0 spiro atoms. The Balaban J connectivity index is 1.43. The number of hydrogen-bond donors (Lipinski definition) is 2. The predicted molar refractivity (Wildman–Crippen MR) is 134 cm³/mol. The average molecular weight is 454 g/mol. The van der Waals surface area contributed by atoms with Crippen molar-refractivity contribution in [1.82, 2.24) is 15.3 Å². The Kier molecular flexibility index (Phi) is 7.26. The highest BCUT2D eigenvalue weighted by Gasteiger charge is 2.34. The molecule has 2 aliphatic heterocycles. The molecular formula is C25H35N5OS.